The van der Waals surface area contributed by atoms with Gasteiger partial charge in [-0.2, -0.15) is 0 Å². The van der Waals surface area contributed by atoms with E-state index < -0.39 is 9.84 Å². The van der Waals surface area contributed by atoms with Crippen LogP contribution in [0, 0.1) is 0 Å². The molecule has 4 N–H and O–H groups in total. The highest BCUT2D eigenvalue weighted by Gasteiger charge is 2.14. The topological polar surface area (TPSA) is 93.5 Å². The third kappa shape index (κ3) is 4.12. The lowest BCUT2D eigenvalue weighted by atomic mass is 10.1. The lowest BCUT2D eigenvalue weighted by molar-refractivity contribution is 0.415. The Bertz CT molecular complexity index is 919. The SMILES string of the molecule is CC1=C(N)Nc2cc(CNCc3ccc(S(C)(=O)=O)cc3)ccc2O1. The highest BCUT2D eigenvalue weighted by atomic mass is 32.2. The van der Waals surface area contributed by atoms with Gasteiger partial charge in [0, 0.05) is 19.3 Å². The minimum absolute atomic E-state index is 0.331. The maximum Gasteiger partial charge on any atom is 0.175 e. The van der Waals surface area contributed by atoms with Gasteiger partial charge in [0.05, 0.1) is 10.6 Å². The van der Waals surface area contributed by atoms with Crippen LogP contribution >= 0.6 is 0 Å². The predicted octanol–water partition coefficient (Wildman–Crippen LogP) is 2.33. The van der Waals surface area contributed by atoms with Crippen LogP contribution in [0.3, 0.4) is 0 Å². The summed E-state index contributed by atoms with van der Waals surface area (Å²) in [6.45, 7) is 3.13. The van der Waals surface area contributed by atoms with Gasteiger partial charge in [-0.3, -0.25) is 0 Å². The number of ether oxygens (including phenoxy) is 1. The molecule has 0 atom stereocenters. The summed E-state index contributed by atoms with van der Waals surface area (Å²) in [6, 6.07) is 12.8. The first-order valence-electron chi connectivity index (χ1n) is 7.87. The summed E-state index contributed by atoms with van der Waals surface area (Å²) < 4.78 is 28.6. The van der Waals surface area contributed by atoms with Crippen LogP contribution in [0.5, 0.6) is 5.75 Å². The molecule has 0 spiro atoms. The smallest absolute Gasteiger partial charge is 0.175 e. The third-order valence-electron chi connectivity index (χ3n) is 3.97. The molecule has 0 bridgehead atoms. The summed E-state index contributed by atoms with van der Waals surface area (Å²) in [5, 5.41) is 6.47. The average molecular weight is 359 g/mol. The van der Waals surface area contributed by atoms with Crippen LogP contribution in [-0.2, 0) is 22.9 Å². The van der Waals surface area contributed by atoms with Crippen LogP contribution in [0.25, 0.3) is 0 Å². The summed E-state index contributed by atoms with van der Waals surface area (Å²) in [5.74, 6) is 1.94. The standard InChI is InChI=1S/C18H21N3O3S/c1-12-18(19)21-16-9-14(5-8-17(16)24-12)11-20-10-13-3-6-15(7-4-13)25(2,22)23/h3-9,20-21H,10-11,19H2,1-2H3. The molecule has 0 saturated carbocycles. The number of sulfone groups is 1. The normalized spacial score (nSPS) is 13.8. The van der Waals surface area contributed by atoms with E-state index in [2.05, 4.69) is 10.6 Å². The number of anilines is 1. The quantitative estimate of drug-likeness (QED) is 0.759. The summed E-state index contributed by atoms with van der Waals surface area (Å²) >= 11 is 0. The summed E-state index contributed by atoms with van der Waals surface area (Å²) in [7, 11) is -3.15. The first-order chi connectivity index (χ1) is 11.8. The van der Waals surface area contributed by atoms with E-state index in [4.69, 9.17) is 10.5 Å². The minimum atomic E-state index is -3.15. The van der Waals surface area contributed by atoms with E-state index in [1.54, 1.807) is 12.1 Å². The minimum Gasteiger partial charge on any atom is -0.456 e. The molecule has 1 aliphatic heterocycles. The number of benzene rings is 2. The lowest BCUT2D eigenvalue weighted by Gasteiger charge is -2.21. The van der Waals surface area contributed by atoms with E-state index in [1.165, 1.54) is 6.26 Å². The zero-order valence-electron chi connectivity index (χ0n) is 14.2. The van der Waals surface area contributed by atoms with Gasteiger partial charge in [-0.15, -0.1) is 0 Å². The van der Waals surface area contributed by atoms with Crippen molar-refractivity contribution in [1.82, 2.24) is 5.32 Å². The Labute approximate surface area is 147 Å². The molecule has 0 radical (unpaired) electrons. The molecule has 1 heterocycles. The first-order valence-corrected chi connectivity index (χ1v) is 9.76. The first kappa shape index (κ1) is 17.3. The van der Waals surface area contributed by atoms with Gasteiger partial charge >= 0.3 is 0 Å². The Kier molecular flexibility index (Phi) is 4.69. The number of allylic oxidation sites excluding steroid dienone is 1. The van der Waals surface area contributed by atoms with E-state index in [0.29, 0.717) is 29.6 Å². The van der Waals surface area contributed by atoms with Crippen molar-refractivity contribution < 1.29 is 13.2 Å². The highest BCUT2D eigenvalue weighted by molar-refractivity contribution is 7.90. The summed E-state index contributed by atoms with van der Waals surface area (Å²) in [5.41, 5.74) is 8.81. The fraction of sp³-hybridized carbons (Fsp3) is 0.222. The van der Waals surface area contributed by atoms with Crippen molar-refractivity contribution in [3.63, 3.8) is 0 Å². The van der Waals surface area contributed by atoms with Gasteiger partial charge in [0.25, 0.3) is 0 Å². The number of hydrogen-bond acceptors (Lipinski definition) is 6. The molecule has 2 aromatic carbocycles. The van der Waals surface area contributed by atoms with Gasteiger partial charge in [-0.05, 0) is 42.3 Å². The molecule has 0 unspecified atom stereocenters. The fourth-order valence-corrected chi connectivity index (χ4v) is 3.16. The Morgan fingerprint density at radius 2 is 1.72 bits per heavy atom. The lowest BCUT2D eigenvalue weighted by Crippen LogP contribution is -2.19. The molecule has 132 valence electrons. The van der Waals surface area contributed by atoms with Gasteiger partial charge in [-0.1, -0.05) is 18.2 Å². The maximum absolute atomic E-state index is 11.5. The number of hydrogen-bond donors (Lipinski definition) is 3. The average Bonchev–Trinajstić information content (AvgIpc) is 2.56. The van der Waals surface area contributed by atoms with Gasteiger partial charge in [0.1, 0.15) is 11.6 Å². The van der Waals surface area contributed by atoms with Gasteiger partial charge < -0.3 is 21.1 Å². The molecule has 25 heavy (non-hydrogen) atoms. The van der Waals surface area contributed by atoms with Crippen molar-refractivity contribution in [2.75, 3.05) is 11.6 Å². The molecular formula is C18H21N3O3S. The zero-order chi connectivity index (χ0) is 18.0. The van der Waals surface area contributed by atoms with E-state index >= 15 is 0 Å². The van der Waals surface area contributed by atoms with E-state index in [9.17, 15) is 8.42 Å². The summed E-state index contributed by atoms with van der Waals surface area (Å²) in [6.07, 6.45) is 1.21. The number of fused-ring (bicyclic) bond motifs is 1. The monoisotopic (exact) mass is 359 g/mol. The van der Waals surface area contributed by atoms with E-state index in [0.717, 1.165) is 22.6 Å². The molecule has 6 nitrogen and oxygen atoms in total. The Morgan fingerprint density at radius 3 is 2.40 bits per heavy atom. The van der Waals surface area contributed by atoms with Crippen LogP contribution < -0.4 is 21.1 Å². The van der Waals surface area contributed by atoms with Crippen molar-refractivity contribution in [2.24, 2.45) is 5.73 Å². The molecule has 3 rings (SSSR count). The zero-order valence-corrected chi connectivity index (χ0v) is 15.0. The number of nitrogens with two attached hydrogens (primary N) is 1. The Hall–Kier alpha value is -2.51. The third-order valence-corrected chi connectivity index (χ3v) is 5.09. The predicted molar refractivity (Wildman–Crippen MR) is 97.7 cm³/mol. The number of nitrogens with one attached hydrogen (secondary N) is 2. The van der Waals surface area contributed by atoms with Crippen LogP contribution in [0.15, 0.2) is 58.9 Å². The highest BCUT2D eigenvalue weighted by Crippen LogP contribution is 2.31. The van der Waals surface area contributed by atoms with Crippen LogP contribution in [-0.4, -0.2) is 14.7 Å². The summed E-state index contributed by atoms with van der Waals surface area (Å²) in [4.78, 5) is 0.331. The fourth-order valence-electron chi connectivity index (χ4n) is 2.53. The second-order valence-electron chi connectivity index (χ2n) is 6.05. The molecule has 0 amide bonds. The second kappa shape index (κ2) is 6.78. The van der Waals surface area contributed by atoms with Crippen molar-refractivity contribution in [2.45, 2.75) is 24.9 Å². The van der Waals surface area contributed by atoms with Gasteiger partial charge in [-0.25, -0.2) is 8.42 Å². The van der Waals surface area contributed by atoms with Crippen molar-refractivity contribution in [3.8, 4) is 5.75 Å². The molecule has 0 fully saturated rings. The molecule has 0 aliphatic carbocycles. The molecular weight excluding hydrogens is 338 g/mol. The largest absolute Gasteiger partial charge is 0.456 e. The van der Waals surface area contributed by atoms with Crippen LogP contribution in [0.1, 0.15) is 18.1 Å². The molecule has 1 aliphatic rings. The molecule has 0 aromatic heterocycles. The van der Waals surface area contributed by atoms with E-state index in [1.807, 2.05) is 37.3 Å². The number of rotatable bonds is 5. The van der Waals surface area contributed by atoms with Gasteiger partial charge in [0.2, 0.25) is 0 Å². The second-order valence-corrected chi connectivity index (χ2v) is 8.06. The maximum atomic E-state index is 11.5. The molecule has 7 heteroatoms. The van der Waals surface area contributed by atoms with Gasteiger partial charge in [0.15, 0.2) is 15.6 Å². The molecule has 2 aromatic rings. The van der Waals surface area contributed by atoms with Crippen molar-refractivity contribution in [1.29, 1.82) is 0 Å². The Morgan fingerprint density at radius 1 is 1.08 bits per heavy atom. The Balaban J connectivity index is 1.59. The molecule has 0 saturated heterocycles. The van der Waals surface area contributed by atoms with E-state index in [-0.39, 0.29) is 0 Å². The van der Waals surface area contributed by atoms with Crippen molar-refractivity contribution in [3.05, 3.63) is 65.2 Å². The van der Waals surface area contributed by atoms with Crippen molar-refractivity contribution >= 4 is 15.5 Å². The van der Waals surface area contributed by atoms with Crippen LogP contribution in [0.2, 0.25) is 0 Å². The van der Waals surface area contributed by atoms with Crippen LogP contribution in [0.4, 0.5) is 5.69 Å².